The molecule has 0 aromatic heterocycles. The summed E-state index contributed by atoms with van der Waals surface area (Å²) in [6.07, 6.45) is 4.81. The first kappa shape index (κ1) is 17.9. The Morgan fingerprint density at radius 3 is 2.19 bits per heavy atom. The highest BCUT2D eigenvalue weighted by Gasteiger charge is 2.19. The van der Waals surface area contributed by atoms with Crippen molar-refractivity contribution < 1.29 is 14.4 Å². The maximum Gasteiger partial charge on any atom is 0.252 e. The predicted molar refractivity (Wildman–Crippen MR) is 84.3 cm³/mol. The van der Waals surface area contributed by atoms with Crippen molar-refractivity contribution in [1.82, 2.24) is 0 Å². The van der Waals surface area contributed by atoms with E-state index in [4.69, 9.17) is 23.2 Å². The molecular formula is C16H18Cl2O3. The maximum atomic E-state index is 12.3. The number of carbonyl (C=O) groups is 3. The van der Waals surface area contributed by atoms with Crippen LogP contribution in [0.1, 0.15) is 52.8 Å². The summed E-state index contributed by atoms with van der Waals surface area (Å²) in [5.74, 6) is 0.0114. The molecule has 0 amide bonds. The van der Waals surface area contributed by atoms with Gasteiger partial charge in [-0.1, -0.05) is 25.0 Å². The van der Waals surface area contributed by atoms with Crippen molar-refractivity contribution in [2.45, 2.75) is 32.1 Å². The standard InChI is InChI=1S/C16H18Cl2O3/c17-11-14(5-3-1-2-4-10-19)15(20)12-6-8-13(9-7-12)16(18)21/h6-10,14H,1-5,11H2. The van der Waals surface area contributed by atoms with E-state index < -0.39 is 5.24 Å². The van der Waals surface area contributed by atoms with E-state index >= 15 is 0 Å². The van der Waals surface area contributed by atoms with Crippen molar-refractivity contribution in [3.8, 4) is 0 Å². The van der Waals surface area contributed by atoms with E-state index in [1.165, 1.54) is 12.1 Å². The first-order valence-corrected chi connectivity index (χ1v) is 7.85. The molecule has 0 aliphatic rings. The van der Waals surface area contributed by atoms with E-state index in [0.29, 0.717) is 24.0 Å². The lowest BCUT2D eigenvalue weighted by Gasteiger charge is -2.12. The summed E-state index contributed by atoms with van der Waals surface area (Å²) in [6.45, 7) is 0. The second-order valence-corrected chi connectivity index (χ2v) is 5.52. The number of hydrogen-bond acceptors (Lipinski definition) is 3. The van der Waals surface area contributed by atoms with Gasteiger partial charge >= 0.3 is 0 Å². The molecule has 1 aromatic rings. The molecule has 0 saturated heterocycles. The Bertz CT molecular complexity index is 483. The molecular weight excluding hydrogens is 311 g/mol. The molecule has 5 heteroatoms. The quantitative estimate of drug-likeness (QED) is 0.212. The van der Waals surface area contributed by atoms with E-state index in [0.717, 1.165) is 25.5 Å². The molecule has 0 spiro atoms. The van der Waals surface area contributed by atoms with Crippen LogP contribution in [0.2, 0.25) is 0 Å². The van der Waals surface area contributed by atoms with Gasteiger partial charge in [-0.15, -0.1) is 11.6 Å². The van der Waals surface area contributed by atoms with Crippen LogP contribution in [0.15, 0.2) is 24.3 Å². The van der Waals surface area contributed by atoms with Crippen molar-refractivity contribution in [1.29, 1.82) is 0 Å². The van der Waals surface area contributed by atoms with Gasteiger partial charge in [0, 0.05) is 29.3 Å². The van der Waals surface area contributed by atoms with Crippen molar-refractivity contribution in [2.24, 2.45) is 5.92 Å². The Balaban J connectivity index is 2.57. The minimum absolute atomic E-state index is 0.0195. The molecule has 1 rings (SSSR count). The summed E-state index contributed by atoms with van der Waals surface area (Å²) < 4.78 is 0. The molecule has 1 atom stereocenters. The largest absolute Gasteiger partial charge is 0.303 e. The van der Waals surface area contributed by atoms with E-state index in [1.54, 1.807) is 12.1 Å². The van der Waals surface area contributed by atoms with Crippen molar-refractivity contribution in [3.05, 3.63) is 35.4 Å². The van der Waals surface area contributed by atoms with Gasteiger partial charge in [-0.25, -0.2) is 0 Å². The zero-order valence-electron chi connectivity index (χ0n) is 11.7. The van der Waals surface area contributed by atoms with Gasteiger partial charge in [0.1, 0.15) is 6.29 Å². The van der Waals surface area contributed by atoms with E-state index in [2.05, 4.69) is 0 Å². The fourth-order valence-corrected chi connectivity index (χ4v) is 2.50. The van der Waals surface area contributed by atoms with Crippen LogP contribution in [0.5, 0.6) is 0 Å². The van der Waals surface area contributed by atoms with Gasteiger partial charge in [-0.05, 0) is 36.6 Å². The lowest BCUT2D eigenvalue weighted by atomic mass is 9.93. The third-order valence-electron chi connectivity index (χ3n) is 3.33. The third-order valence-corrected chi connectivity index (χ3v) is 3.92. The Labute approximate surface area is 134 Å². The summed E-state index contributed by atoms with van der Waals surface area (Å²) in [5, 5.41) is -0.543. The van der Waals surface area contributed by atoms with Gasteiger partial charge in [-0.3, -0.25) is 9.59 Å². The highest BCUT2D eigenvalue weighted by atomic mass is 35.5. The van der Waals surface area contributed by atoms with Crippen LogP contribution >= 0.6 is 23.2 Å². The van der Waals surface area contributed by atoms with Crippen LogP contribution in [0.4, 0.5) is 0 Å². The number of unbranched alkanes of at least 4 members (excludes halogenated alkanes) is 3. The number of Topliss-reactive ketones (excluding diaryl/α,β-unsaturated/α-hetero) is 1. The number of ketones is 1. The topological polar surface area (TPSA) is 51.2 Å². The van der Waals surface area contributed by atoms with Crippen molar-refractivity contribution in [3.63, 3.8) is 0 Å². The number of alkyl halides is 1. The van der Waals surface area contributed by atoms with Gasteiger partial charge in [0.15, 0.2) is 5.78 Å². The molecule has 21 heavy (non-hydrogen) atoms. The van der Waals surface area contributed by atoms with Gasteiger partial charge in [0.05, 0.1) is 0 Å². The van der Waals surface area contributed by atoms with Crippen LogP contribution in [-0.2, 0) is 4.79 Å². The molecule has 3 nitrogen and oxygen atoms in total. The lowest BCUT2D eigenvalue weighted by Crippen LogP contribution is -2.16. The zero-order valence-corrected chi connectivity index (χ0v) is 13.2. The minimum Gasteiger partial charge on any atom is -0.303 e. The first-order chi connectivity index (χ1) is 10.1. The molecule has 0 aliphatic carbocycles. The Morgan fingerprint density at radius 1 is 1.05 bits per heavy atom. The number of halogens is 2. The second-order valence-electron chi connectivity index (χ2n) is 4.87. The molecule has 0 fully saturated rings. The molecule has 0 saturated carbocycles. The average Bonchev–Trinajstić information content (AvgIpc) is 2.50. The number of benzene rings is 1. The molecule has 0 heterocycles. The molecule has 114 valence electrons. The van der Waals surface area contributed by atoms with E-state index in [-0.39, 0.29) is 17.6 Å². The predicted octanol–water partition coefficient (Wildman–Crippen LogP) is 4.25. The van der Waals surface area contributed by atoms with Gasteiger partial charge in [-0.2, -0.15) is 0 Å². The molecule has 0 N–H and O–H groups in total. The Hall–Kier alpha value is -1.19. The normalized spacial score (nSPS) is 11.9. The van der Waals surface area contributed by atoms with Crippen LogP contribution in [0.3, 0.4) is 0 Å². The van der Waals surface area contributed by atoms with E-state index in [9.17, 15) is 14.4 Å². The minimum atomic E-state index is -0.543. The summed E-state index contributed by atoms with van der Waals surface area (Å²) >= 11 is 11.2. The van der Waals surface area contributed by atoms with Gasteiger partial charge < -0.3 is 4.79 Å². The molecule has 1 aromatic carbocycles. The Kier molecular flexibility index (Phi) is 8.24. The average molecular weight is 329 g/mol. The molecule has 0 bridgehead atoms. The summed E-state index contributed by atoms with van der Waals surface area (Å²) in [6, 6.07) is 6.28. The van der Waals surface area contributed by atoms with Gasteiger partial charge in [0.25, 0.3) is 5.24 Å². The summed E-state index contributed by atoms with van der Waals surface area (Å²) in [7, 11) is 0. The fourth-order valence-electron chi connectivity index (χ4n) is 2.07. The zero-order chi connectivity index (χ0) is 15.7. The fraction of sp³-hybridized carbons (Fsp3) is 0.438. The summed E-state index contributed by atoms with van der Waals surface area (Å²) in [4.78, 5) is 33.5. The number of rotatable bonds is 10. The SMILES string of the molecule is O=CCCCCCC(CCl)C(=O)c1ccc(C(=O)Cl)cc1. The lowest BCUT2D eigenvalue weighted by molar-refractivity contribution is -0.107. The smallest absolute Gasteiger partial charge is 0.252 e. The molecule has 1 unspecified atom stereocenters. The highest BCUT2D eigenvalue weighted by molar-refractivity contribution is 6.67. The first-order valence-electron chi connectivity index (χ1n) is 6.93. The van der Waals surface area contributed by atoms with Crippen molar-refractivity contribution in [2.75, 3.05) is 5.88 Å². The second kappa shape index (κ2) is 9.69. The van der Waals surface area contributed by atoms with Gasteiger partial charge in [0.2, 0.25) is 0 Å². The van der Waals surface area contributed by atoms with Crippen LogP contribution in [-0.4, -0.2) is 23.2 Å². The van der Waals surface area contributed by atoms with Crippen LogP contribution < -0.4 is 0 Å². The molecule has 0 aliphatic heterocycles. The molecule has 0 radical (unpaired) electrons. The number of carbonyl (C=O) groups excluding carboxylic acids is 3. The summed E-state index contributed by atoms with van der Waals surface area (Å²) in [5.41, 5.74) is 0.903. The van der Waals surface area contributed by atoms with Crippen LogP contribution in [0.25, 0.3) is 0 Å². The number of hydrogen-bond donors (Lipinski definition) is 0. The van der Waals surface area contributed by atoms with Crippen LogP contribution in [0, 0.1) is 5.92 Å². The number of aldehydes is 1. The maximum absolute atomic E-state index is 12.3. The Morgan fingerprint density at radius 2 is 1.67 bits per heavy atom. The monoisotopic (exact) mass is 328 g/mol. The third kappa shape index (κ3) is 5.98. The highest BCUT2D eigenvalue weighted by Crippen LogP contribution is 2.19. The van der Waals surface area contributed by atoms with E-state index in [1.807, 2.05) is 0 Å². The van der Waals surface area contributed by atoms with Crippen molar-refractivity contribution >= 4 is 40.5 Å².